The number of carboxylic acids is 1. The van der Waals surface area contributed by atoms with Crippen molar-refractivity contribution in [3.8, 4) is 22.3 Å². The lowest BCUT2D eigenvalue weighted by molar-refractivity contribution is 0.0696. The Kier molecular flexibility index (Phi) is 7.35. The highest BCUT2D eigenvalue weighted by Crippen LogP contribution is 2.30. The van der Waals surface area contributed by atoms with Gasteiger partial charge in [-0.3, -0.25) is 4.79 Å². The zero-order valence-electron chi connectivity index (χ0n) is 22.6. The predicted molar refractivity (Wildman–Crippen MR) is 163 cm³/mol. The molecule has 1 aromatic heterocycles. The van der Waals surface area contributed by atoms with E-state index in [1.165, 1.54) is 24.3 Å². The summed E-state index contributed by atoms with van der Waals surface area (Å²) >= 11 is 0. The Bertz CT molecular complexity index is 1880. The first-order valence-corrected chi connectivity index (χ1v) is 13.6. The van der Waals surface area contributed by atoms with Gasteiger partial charge in [-0.05, 0) is 75.8 Å². The van der Waals surface area contributed by atoms with Crippen molar-refractivity contribution in [3.63, 3.8) is 0 Å². The fraction of sp³-hybridized carbons (Fsp3) is 0.0556. The van der Waals surface area contributed by atoms with Crippen LogP contribution in [0.1, 0.15) is 31.8 Å². The molecule has 0 bridgehead atoms. The first kappa shape index (κ1) is 26.7. The second-order valence-corrected chi connectivity index (χ2v) is 10.2. The van der Waals surface area contributed by atoms with Crippen molar-refractivity contribution in [3.05, 3.63) is 156 Å². The van der Waals surface area contributed by atoms with Crippen LogP contribution in [0.4, 0.5) is 4.39 Å². The zero-order valence-corrected chi connectivity index (χ0v) is 22.6. The molecule has 5 nitrogen and oxygen atoms in total. The van der Waals surface area contributed by atoms with E-state index in [0.717, 1.165) is 44.3 Å². The maximum Gasteiger partial charge on any atom is 0.335 e. The van der Waals surface area contributed by atoms with Crippen molar-refractivity contribution in [1.82, 2.24) is 9.88 Å². The molecule has 0 saturated heterocycles. The summed E-state index contributed by atoms with van der Waals surface area (Å²) < 4.78 is 15.7. The van der Waals surface area contributed by atoms with E-state index >= 15 is 0 Å². The topological polar surface area (TPSA) is 71.3 Å². The number of carbonyl (C=O) groups is 2. The van der Waals surface area contributed by atoms with Crippen molar-refractivity contribution in [2.45, 2.75) is 13.1 Å². The van der Waals surface area contributed by atoms with Crippen molar-refractivity contribution in [1.29, 1.82) is 0 Å². The van der Waals surface area contributed by atoms with Gasteiger partial charge in [0.2, 0.25) is 0 Å². The summed E-state index contributed by atoms with van der Waals surface area (Å²) in [4.78, 5) is 24.9. The van der Waals surface area contributed by atoms with E-state index < -0.39 is 5.97 Å². The molecule has 206 valence electrons. The first-order valence-electron chi connectivity index (χ1n) is 13.6. The van der Waals surface area contributed by atoms with Crippen LogP contribution in [0, 0.1) is 5.82 Å². The maximum atomic E-state index is 13.7. The Labute approximate surface area is 242 Å². The molecule has 0 saturated carbocycles. The summed E-state index contributed by atoms with van der Waals surface area (Å²) in [5.74, 6) is -1.58. The third kappa shape index (κ3) is 5.69. The number of nitrogens with zero attached hydrogens (tertiary/aromatic N) is 1. The van der Waals surface area contributed by atoms with E-state index in [0.29, 0.717) is 12.1 Å². The molecule has 1 amide bonds. The van der Waals surface area contributed by atoms with Crippen LogP contribution >= 0.6 is 0 Å². The number of carboxylic acid groups (broad SMARTS) is 1. The summed E-state index contributed by atoms with van der Waals surface area (Å²) in [7, 11) is 0. The van der Waals surface area contributed by atoms with Crippen LogP contribution < -0.4 is 5.32 Å². The standard InChI is InChI=1S/C36H27FN2O3/c37-32-16-14-28(15-17-32)31-20-30-18-19-39(23-25-8-10-27(11-9-25)26-4-2-1-3-5-26)34(30)33(21-31)35(40)38-22-24-6-12-29(13-7-24)36(41)42/h1-21H,22-23H2,(H,38,40)(H,41,42). The lowest BCUT2D eigenvalue weighted by Crippen LogP contribution is -2.23. The molecule has 0 aliphatic heterocycles. The third-order valence-corrected chi connectivity index (χ3v) is 7.35. The average molecular weight is 555 g/mol. The van der Waals surface area contributed by atoms with E-state index in [9.17, 15) is 14.0 Å². The fourth-order valence-corrected chi connectivity index (χ4v) is 5.14. The smallest absolute Gasteiger partial charge is 0.335 e. The number of fused-ring (bicyclic) bond motifs is 1. The number of carbonyl (C=O) groups excluding carboxylic acids is 1. The van der Waals surface area contributed by atoms with Crippen LogP contribution in [0.3, 0.4) is 0 Å². The second-order valence-electron chi connectivity index (χ2n) is 10.2. The molecule has 0 aliphatic carbocycles. The Morgan fingerprint density at radius 1 is 0.690 bits per heavy atom. The van der Waals surface area contributed by atoms with E-state index in [1.54, 1.807) is 24.3 Å². The van der Waals surface area contributed by atoms with Crippen LogP contribution in [0.15, 0.2) is 128 Å². The molecule has 6 aromatic rings. The maximum absolute atomic E-state index is 13.7. The highest BCUT2D eigenvalue weighted by Gasteiger charge is 2.17. The van der Waals surface area contributed by atoms with E-state index in [2.05, 4.69) is 46.3 Å². The second kappa shape index (κ2) is 11.6. The van der Waals surface area contributed by atoms with Gasteiger partial charge in [0.05, 0.1) is 16.6 Å². The van der Waals surface area contributed by atoms with E-state index in [-0.39, 0.29) is 23.8 Å². The van der Waals surface area contributed by atoms with Crippen LogP contribution in [-0.4, -0.2) is 21.6 Å². The molecule has 6 heteroatoms. The third-order valence-electron chi connectivity index (χ3n) is 7.35. The van der Waals surface area contributed by atoms with Crippen molar-refractivity contribution in [2.24, 2.45) is 0 Å². The first-order chi connectivity index (χ1) is 20.4. The van der Waals surface area contributed by atoms with Gasteiger partial charge in [0.15, 0.2) is 0 Å². The minimum Gasteiger partial charge on any atom is -0.478 e. The molecule has 0 atom stereocenters. The number of amides is 1. The Balaban J connectivity index is 1.33. The van der Waals surface area contributed by atoms with E-state index in [1.807, 2.05) is 42.6 Å². The molecule has 6 rings (SSSR count). The number of benzene rings is 5. The van der Waals surface area contributed by atoms with Crippen LogP contribution in [0.5, 0.6) is 0 Å². The summed E-state index contributed by atoms with van der Waals surface area (Å²) in [5.41, 5.74) is 7.27. The van der Waals surface area contributed by atoms with Gasteiger partial charge >= 0.3 is 5.97 Å². The predicted octanol–water partition coefficient (Wildman–Crippen LogP) is 7.79. The van der Waals surface area contributed by atoms with Gasteiger partial charge in [0.25, 0.3) is 5.91 Å². The van der Waals surface area contributed by atoms with Gasteiger partial charge in [0, 0.05) is 24.7 Å². The largest absolute Gasteiger partial charge is 0.478 e. The molecule has 1 heterocycles. The van der Waals surface area contributed by atoms with Gasteiger partial charge in [-0.25, -0.2) is 9.18 Å². The number of aromatic nitrogens is 1. The number of nitrogens with one attached hydrogen (secondary N) is 1. The Morgan fingerprint density at radius 3 is 2.00 bits per heavy atom. The molecular weight excluding hydrogens is 527 g/mol. The summed E-state index contributed by atoms with van der Waals surface area (Å²) in [6.07, 6.45) is 1.98. The highest BCUT2D eigenvalue weighted by atomic mass is 19.1. The number of aromatic carboxylic acids is 1. The average Bonchev–Trinajstić information content (AvgIpc) is 3.43. The van der Waals surface area contributed by atoms with Crippen molar-refractivity contribution in [2.75, 3.05) is 0 Å². The number of halogens is 1. The van der Waals surface area contributed by atoms with Gasteiger partial charge in [-0.2, -0.15) is 0 Å². The molecule has 0 aliphatic rings. The summed E-state index contributed by atoms with van der Waals surface area (Å²) in [5, 5.41) is 13.1. The molecule has 0 unspecified atom stereocenters. The molecule has 0 radical (unpaired) electrons. The summed E-state index contributed by atoms with van der Waals surface area (Å²) in [6.45, 7) is 0.814. The molecule has 42 heavy (non-hydrogen) atoms. The SMILES string of the molecule is O=C(O)c1ccc(CNC(=O)c2cc(-c3ccc(F)cc3)cc3ccn(Cc4ccc(-c5ccccc5)cc4)c23)cc1. The quantitative estimate of drug-likeness (QED) is 0.202. The lowest BCUT2D eigenvalue weighted by atomic mass is 9.99. The normalized spacial score (nSPS) is 11.0. The number of hydrogen-bond acceptors (Lipinski definition) is 2. The minimum atomic E-state index is -0.999. The van der Waals surface area contributed by atoms with Crippen LogP contribution in [-0.2, 0) is 13.1 Å². The van der Waals surface area contributed by atoms with Gasteiger partial charge in [-0.1, -0.05) is 78.9 Å². The van der Waals surface area contributed by atoms with Crippen molar-refractivity contribution >= 4 is 22.8 Å². The van der Waals surface area contributed by atoms with Gasteiger partial charge < -0.3 is 15.0 Å². The van der Waals surface area contributed by atoms with Gasteiger partial charge in [-0.15, -0.1) is 0 Å². The van der Waals surface area contributed by atoms with Crippen LogP contribution in [0.25, 0.3) is 33.2 Å². The molecule has 2 N–H and O–H groups in total. The monoisotopic (exact) mass is 554 g/mol. The minimum absolute atomic E-state index is 0.188. The molecular formula is C36H27FN2O3. The zero-order chi connectivity index (χ0) is 29.1. The van der Waals surface area contributed by atoms with E-state index in [4.69, 9.17) is 5.11 Å². The molecule has 0 fully saturated rings. The Hall–Kier alpha value is -5.49. The fourth-order valence-electron chi connectivity index (χ4n) is 5.14. The van der Waals surface area contributed by atoms with Crippen molar-refractivity contribution < 1.29 is 19.1 Å². The van der Waals surface area contributed by atoms with Crippen LogP contribution in [0.2, 0.25) is 0 Å². The lowest BCUT2D eigenvalue weighted by Gasteiger charge is -2.14. The highest BCUT2D eigenvalue weighted by molar-refractivity contribution is 6.08. The Morgan fingerprint density at radius 2 is 1.31 bits per heavy atom. The number of hydrogen-bond donors (Lipinski definition) is 2. The molecule has 0 spiro atoms. The molecule has 5 aromatic carbocycles. The number of rotatable bonds is 8. The summed E-state index contributed by atoms with van der Waals surface area (Å²) in [6, 6.07) is 37.1. The van der Waals surface area contributed by atoms with Gasteiger partial charge in [0.1, 0.15) is 5.82 Å².